The van der Waals surface area contributed by atoms with Gasteiger partial charge in [-0.1, -0.05) is 12.1 Å². The van der Waals surface area contributed by atoms with Crippen LogP contribution in [0.2, 0.25) is 0 Å². The lowest BCUT2D eigenvalue weighted by Gasteiger charge is -2.03. The van der Waals surface area contributed by atoms with Gasteiger partial charge in [0.1, 0.15) is 12.4 Å². The molecule has 0 aliphatic carbocycles. The molecule has 20 heavy (non-hydrogen) atoms. The molecule has 8 heteroatoms. The Labute approximate surface area is 117 Å². The first kappa shape index (κ1) is 16.5. The number of halogens is 1. The summed E-state index contributed by atoms with van der Waals surface area (Å²) in [4.78, 5) is 11.0. The average Bonchev–Trinajstić information content (AvgIpc) is 2.91. The molecule has 1 N–H and O–H groups in total. The molecule has 0 spiro atoms. The van der Waals surface area contributed by atoms with Gasteiger partial charge in [0, 0.05) is 13.0 Å². The number of alkyl halides is 1. The van der Waals surface area contributed by atoms with E-state index < -0.39 is 6.67 Å². The van der Waals surface area contributed by atoms with E-state index in [2.05, 4.69) is 15.6 Å². The first-order chi connectivity index (χ1) is 9.76. The van der Waals surface area contributed by atoms with Gasteiger partial charge in [0.05, 0.1) is 39.2 Å². The molecule has 1 amide bonds. The fourth-order valence-electron chi connectivity index (χ4n) is 1.39. The maximum absolute atomic E-state index is 11.8. The summed E-state index contributed by atoms with van der Waals surface area (Å²) in [5.41, 5.74) is 0.706. The highest BCUT2D eigenvalue weighted by Crippen LogP contribution is 1.96. The topological polar surface area (TPSA) is 78.3 Å². The predicted molar refractivity (Wildman–Crippen MR) is 69.8 cm³/mol. The van der Waals surface area contributed by atoms with Crippen molar-refractivity contribution < 1.29 is 18.7 Å². The molecule has 0 saturated heterocycles. The summed E-state index contributed by atoms with van der Waals surface area (Å²) < 4.78 is 23.8. The van der Waals surface area contributed by atoms with Gasteiger partial charge in [-0.2, -0.15) is 0 Å². The monoisotopic (exact) mass is 287 g/mol. The molecule has 0 unspecified atom stereocenters. The highest BCUT2D eigenvalue weighted by molar-refractivity contribution is 5.75. The van der Waals surface area contributed by atoms with E-state index in [-0.39, 0.29) is 12.5 Å². The van der Waals surface area contributed by atoms with Gasteiger partial charge in [0.15, 0.2) is 0 Å². The van der Waals surface area contributed by atoms with Gasteiger partial charge < -0.3 is 14.8 Å². The van der Waals surface area contributed by atoms with Crippen LogP contribution in [0.3, 0.4) is 0 Å². The Balaban J connectivity index is 2.09. The highest BCUT2D eigenvalue weighted by atomic mass is 18.2. The summed E-state index contributed by atoms with van der Waals surface area (Å²) in [5.74, 6) is 0.00724. The standard InChI is InChI=1S/C12H21FN4O3/c1-2-12(18)14-4-7-20-10-11-9-17(16-15-11)5-8-19-6-3-13/h9H,2-8,10H2,1H3,(H,14,18)/i13-1. The van der Waals surface area contributed by atoms with Crippen LogP contribution in [0.25, 0.3) is 0 Å². The maximum Gasteiger partial charge on any atom is 0.219 e. The molecular formula is C12H21FN4O3. The van der Waals surface area contributed by atoms with Gasteiger partial charge in [0.2, 0.25) is 5.91 Å². The van der Waals surface area contributed by atoms with Crippen LogP contribution >= 0.6 is 0 Å². The minimum absolute atomic E-state index is 0.00724. The Bertz CT molecular complexity index is 387. The zero-order chi connectivity index (χ0) is 14.6. The molecule has 0 aliphatic heterocycles. The summed E-state index contributed by atoms with van der Waals surface area (Å²) in [5, 5.41) is 10.5. The van der Waals surface area contributed by atoms with Crippen molar-refractivity contribution in [3.8, 4) is 0 Å². The van der Waals surface area contributed by atoms with E-state index >= 15 is 0 Å². The van der Waals surface area contributed by atoms with Gasteiger partial charge in [-0.05, 0) is 0 Å². The molecule has 0 aliphatic rings. The molecule has 0 fully saturated rings. The zero-order valence-electron chi connectivity index (χ0n) is 11.7. The van der Waals surface area contributed by atoms with Crippen molar-refractivity contribution in [3.05, 3.63) is 11.9 Å². The lowest BCUT2D eigenvalue weighted by atomic mass is 10.4. The van der Waals surface area contributed by atoms with E-state index in [0.717, 1.165) is 0 Å². The minimum Gasteiger partial charge on any atom is -0.377 e. The Morgan fingerprint density at radius 2 is 2.25 bits per heavy atom. The second kappa shape index (κ2) is 10.3. The molecule has 0 radical (unpaired) electrons. The van der Waals surface area contributed by atoms with E-state index in [4.69, 9.17) is 9.47 Å². The molecule has 0 atom stereocenters. The van der Waals surface area contributed by atoms with E-state index in [1.165, 1.54) is 0 Å². The van der Waals surface area contributed by atoms with Crippen molar-refractivity contribution in [2.24, 2.45) is 0 Å². The van der Waals surface area contributed by atoms with E-state index in [1.54, 1.807) is 17.8 Å². The number of rotatable bonds is 11. The van der Waals surface area contributed by atoms with Gasteiger partial charge >= 0.3 is 0 Å². The van der Waals surface area contributed by atoms with E-state index in [9.17, 15) is 9.18 Å². The molecule has 114 valence electrons. The quantitative estimate of drug-likeness (QED) is 0.593. The Morgan fingerprint density at radius 1 is 1.40 bits per heavy atom. The van der Waals surface area contributed by atoms with E-state index in [1.807, 2.05) is 0 Å². The van der Waals surface area contributed by atoms with Crippen LogP contribution in [0.5, 0.6) is 0 Å². The van der Waals surface area contributed by atoms with E-state index in [0.29, 0.717) is 45.0 Å². The third kappa shape index (κ3) is 7.15. The number of carbonyl (C=O) groups is 1. The van der Waals surface area contributed by atoms with Gasteiger partial charge in [-0.25, -0.2) is 9.07 Å². The Morgan fingerprint density at radius 3 is 3.00 bits per heavy atom. The van der Waals surface area contributed by atoms with Crippen LogP contribution in [-0.2, 0) is 27.4 Å². The number of nitrogens with one attached hydrogen (secondary N) is 1. The van der Waals surface area contributed by atoms with Crippen molar-refractivity contribution in [1.29, 1.82) is 0 Å². The molecule has 1 rings (SSSR count). The van der Waals surface area contributed by atoms with Crippen molar-refractivity contribution in [1.82, 2.24) is 20.3 Å². The number of carbonyl (C=O) groups excluding carboxylic acids is 1. The summed E-state index contributed by atoms with van der Waals surface area (Å²) in [7, 11) is 0. The van der Waals surface area contributed by atoms with Crippen LogP contribution in [0.1, 0.15) is 19.0 Å². The second-order valence-corrected chi connectivity index (χ2v) is 4.03. The molecule has 0 saturated carbocycles. The van der Waals surface area contributed by atoms with Crippen molar-refractivity contribution in [2.45, 2.75) is 26.5 Å². The molecule has 1 heterocycles. The lowest BCUT2D eigenvalue weighted by Crippen LogP contribution is -2.26. The van der Waals surface area contributed by atoms with Crippen molar-refractivity contribution in [2.75, 3.05) is 33.0 Å². The fourth-order valence-corrected chi connectivity index (χ4v) is 1.39. The van der Waals surface area contributed by atoms with Gasteiger partial charge in [-0.15, -0.1) is 5.10 Å². The zero-order valence-corrected chi connectivity index (χ0v) is 11.7. The minimum atomic E-state index is -0.481. The Hall–Kier alpha value is -1.54. The fraction of sp³-hybridized carbons (Fsp3) is 0.750. The summed E-state index contributed by atoms with van der Waals surface area (Å²) in [6.07, 6.45) is 2.22. The average molecular weight is 287 g/mol. The summed E-state index contributed by atoms with van der Waals surface area (Å²) in [6.45, 7) is 3.60. The maximum atomic E-state index is 11.8. The summed E-state index contributed by atoms with van der Waals surface area (Å²) >= 11 is 0. The second-order valence-electron chi connectivity index (χ2n) is 4.03. The van der Waals surface area contributed by atoms with Gasteiger partial charge in [-0.3, -0.25) is 4.79 Å². The predicted octanol–water partition coefficient (Wildman–Crippen LogP) is 0.307. The number of hydrogen-bond acceptors (Lipinski definition) is 5. The number of ether oxygens (including phenoxy) is 2. The largest absolute Gasteiger partial charge is 0.377 e. The third-order valence-electron chi connectivity index (χ3n) is 2.41. The number of nitrogens with zero attached hydrogens (tertiary/aromatic N) is 3. The number of amides is 1. The summed E-state index contributed by atoms with van der Waals surface area (Å²) in [6, 6.07) is 0. The van der Waals surface area contributed by atoms with Crippen molar-refractivity contribution in [3.63, 3.8) is 0 Å². The highest BCUT2D eigenvalue weighted by Gasteiger charge is 2.01. The van der Waals surface area contributed by atoms with Crippen LogP contribution < -0.4 is 5.32 Å². The number of aromatic nitrogens is 3. The van der Waals surface area contributed by atoms with Crippen LogP contribution in [0.15, 0.2) is 6.20 Å². The number of hydrogen-bond donors (Lipinski definition) is 1. The Kier molecular flexibility index (Phi) is 8.48. The molecule has 0 aromatic carbocycles. The molecule has 7 nitrogen and oxygen atoms in total. The molecule has 1 aromatic rings. The first-order valence-corrected chi connectivity index (χ1v) is 6.63. The third-order valence-corrected chi connectivity index (χ3v) is 2.41. The SMILES string of the molecule is CCC(=O)NCCOCc1cn(CCOCC[18F])nn1. The van der Waals surface area contributed by atoms with Crippen LogP contribution in [0, 0.1) is 0 Å². The van der Waals surface area contributed by atoms with Crippen molar-refractivity contribution >= 4 is 5.91 Å². The smallest absolute Gasteiger partial charge is 0.219 e. The molecule has 0 bridgehead atoms. The first-order valence-electron chi connectivity index (χ1n) is 6.63. The molecular weight excluding hydrogens is 266 g/mol. The van der Waals surface area contributed by atoms with Crippen LogP contribution in [0.4, 0.5) is 4.39 Å². The molecule has 1 aromatic heterocycles. The normalized spacial score (nSPS) is 10.7. The van der Waals surface area contributed by atoms with Crippen LogP contribution in [-0.4, -0.2) is 53.9 Å². The lowest BCUT2D eigenvalue weighted by molar-refractivity contribution is -0.121. The van der Waals surface area contributed by atoms with Gasteiger partial charge in [0.25, 0.3) is 0 Å².